The van der Waals surface area contributed by atoms with Gasteiger partial charge in [-0.25, -0.2) is 4.39 Å². The molecule has 7 heteroatoms. The van der Waals surface area contributed by atoms with Gasteiger partial charge < -0.3 is 20.5 Å². The third-order valence-corrected chi connectivity index (χ3v) is 5.06. The molecular weight excluding hydrogens is 460 g/mol. The number of nitrogens with one attached hydrogen (secondary N) is 2. The fraction of sp³-hybridized carbons (Fsp3) is 0.650. The van der Waals surface area contributed by atoms with Crippen LogP contribution in [-0.4, -0.2) is 50.5 Å². The van der Waals surface area contributed by atoms with Crippen LogP contribution in [0.25, 0.3) is 0 Å². The molecule has 1 aromatic rings. The second-order valence-corrected chi connectivity index (χ2v) is 7.72. The number of benzene rings is 1. The van der Waals surface area contributed by atoms with Crippen LogP contribution >= 0.6 is 24.0 Å². The standard InChI is InChI=1S/C20H32FN3O2.HI/c1-4-22-18(24-14-20(9-11-25)10-12-26-15-20)23-13-19(2,3)16-5-7-17(21)8-6-16;/h5-8,25H,4,9-15H2,1-3H3,(H2,22,23,24);1H. The van der Waals surface area contributed by atoms with Gasteiger partial charge in [-0.15, -0.1) is 24.0 Å². The van der Waals surface area contributed by atoms with Gasteiger partial charge in [-0.1, -0.05) is 26.0 Å². The van der Waals surface area contributed by atoms with Gasteiger partial charge in [0.1, 0.15) is 5.82 Å². The van der Waals surface area contributed by atoms with E-state index in [2.05, 4.69) is 24.5 Å². The molecule has 1 aromatic carbocycles. The molecule has 154 valence electrons. The van der Waals surface area contributed by atoms with Gasteiger partial charge in [-0.2, -0.15) is 0 Å². The fourth-order valence-electron chi connectivity index (χ4n) is 3.19. The molecular formula is C20H33FIN3O2. The summed E-state index contributed by atoms with van der Waals surface area (Å²) in [5.41, 5.74) is 0.826. The summed E-state index contributed by atoms with van der Waals surface area (Å²) in [5, 5.41) is 16.0. The predicted octanol–water partition coefficient (Wildman–Crippen LogP) is 3.07. The maximum absolute atomic E-state index is 13.2. The maximum Gasteiger partial charge on any atom is 0.191 e. The Morgan fingerprint density at radius 1 is 1.30 bits per heavy atom. The van der Waals surface area contributed by atoms with Crippen molar-refractivity contribution in [1.29, 1.82) is 0 Å². The average molecular weight is 493 g/mol. The minimum absolute atomic E-state index is 0. The summed E-state index contributed by atoms with van der Waals surface area (Å²) in [5.74, 6) is 0.530. The van der Waals surface area contributed by atoms with E-state index in [4.69, 9.17) is 9.73 Å². The Hall–Kier alpha value is -0.930. The molecule has 1 fully saturated rings. The molecule has 1 saturated heterocycles. The lowest BCUT2D eigenvalue weighted by Gasteiger charge is -2.28. The van der Waals surface area contributed by atoms with E-state index in [-0.39, 0.29) is 47.2 Å². The van der Waals surface area contributed by atoms with Crippen molar-refractivity contribution >= 4 is 29.9 Å². The quantitative estimate of drug-likeness (QED) is 0.296. The molecule has 0 radical (unpaired) electrons. The lowest BCUT2D eigenvalue weighted by molar-refractivity contribution is 0.127. The summed E-state index contributed by atoms with van der Waals surface area (Å²) in [7, 11) is 0. The highest BCUT2D eigenvalue weighted by Crippen LogP contribution is 2.31. The van der Waals surface area contributed by atoms with Crippen LogP contribution in [0.3, 0.4) is 0 Å². The first-order valence-electron chi connectivity index (χ1n) is 9.38. The van der Waals surface area contributed by atoms with Gasteiger partial charge in [0, 0.05) is 37.1 Å². The largest absolute Gasteiger partial charge is 0.396 e. The molecule has 0 aliphatic carbocycles. The van der Waals surface area contributed by atoms with Gasteiger partial charge in [0.2, 0.25) is 0 Å². The number of rotatable bonds is 8. The van der Waals surface area contributed by atoms with Crippen molar-refractivity contribution in [3.63, 3.8) is 0 Å². The number of halogens is 2. The van der Waals surface area contributed by atoms with E-state index >= 15 is 0 Å². The SMILES string of the molecule is CCNC(=NCC(C)(C)c1ccc(F)cc1)NCC1(CCO)CCOC1.I. The molecule has 0 spiro atoms. The number of hydrogen-bond acceptors (Lipinski definition) is 3. The molecule has 5 nitrogen and oxygen atoms in total. The average Bonchev–Trinajstić information content (AvgIpc) is 3.07. The zero-order valence-electron chi connectivity index (χ0n) is 16.6. The monoisotopic (exact) mass is 493 g/mol. The van der Waals surface area contributed by atoms with E-state index in [1.807, 2.05) is 19.1 Å². The normalized spacial score (nSPS) is 20.3. The Morgan fingerprint density at radius 2 is 2.00 bits per heavy atom. The van der Waals surface area contributed by atoms with E-state index in [1.165, 1.54) is 12.1 Å². The Bertz CT molecular complexity index is 587. The molecule has 0 aromatic heterocycles. The van der Waals surface area contributed by atoms with Crippen LogP contribution in [-0.2, 0) is 10.2 Å². The fourth-order valence-corrected chi connectivity index (χ4v) is 3.19. The van der Waals surface area contributed by atoms with Crippen LogP contribution in [0.2, 0.25) is 0 Å². The van der Waals surface area contributed by atoms with Gasteiger partial charge in [0.15, 0.2) is 5.96 Å². The van der Waals surface area contributed by atoms with E-state index in [9.17, 15) is 9.50 Å². The van der Waals surface area contributed by atoms with Crippen molar-refractivity contribution in [2.45, 2.75) is 39.0 Å². The second-order valence-electron chi connectivity index (χ2n) is 7.72. The molecule has 0 amide bonds. The van der Waals surface area contributed by atoms with Crippen LogP contribution in [0.15, 0.2) is 29.3 Å². The summed E-state index contributed by atoms with van der Waals surface area (Å²) in [6.07, 6.45) is 1.67. The van der Waals surface area contributed by atoms with E-state index < -0.39 is 0 Å². The molecule has 1 unspecified atom stereocenters. The zero-order valence-corrected chi connectivity index (χ0v) is 18.9. The summed E-state index contributed by atoms with van der Waals surface area (Å²) < 4.78 is 18.7. The van der Waals surface area contributed by atoms with Crippen molar-refractivity contribution in [2.75, 3.05) is 39.5 Å². The van der Waals surface area contributed by atoms with Gasteiger partial charge in [0.05, 0.1) is 13.2 Å². The van der Waals surface area contributed by atoms with E-state index in [1.54, 1.807) is 0 Å². The Kier molecular flexibility index (Phi) is 9.97. The molecule has 0 saturated carbocycles. The minimum atomic E-state index is -0.226. The Morgan fingerprint density at radius 3 is 2.56 bits per heavy atom. The summed E-state index contributed by atoms with van der Waals surface area (Å²) in [4.78, 5) is 4.73. The maximum atomic E-state index is 13.2. The lowest BCUT2D eigenvalue weighted by atomic mass is 9.84. The number of aliphatic hydroxyl groups excluding tert-OH is 1. The number of hydrogen-bond donors (Lipinski definition) is 3. The molecule has 0 bridgehead atoms. The van der Waals surface area contributed by atoms with Crippen LogP contribution < -0.4 is 10.6 Å². The first-order chi connectivity index (χ1) is 12.4. The third-order valence-electron chi connectivity index (χ3n) is 5.06. The third kappa shape index (κ3) is 7.19. The molecule has 2 rings (SSSR count). The van der Waals surface area contributed by atoms with Gasteiger partial charge in [-0.05, 0) is 37.5 Å². The van der Waals surface area contributed by atoms with E-state index in [0.717, 1.165) is 44.1 Å². The number of nitrogens with zero attached hydrogens (tertiary/aromatic N) is 1. The smallest absolute Gasteiger partial charge is 0.191 e. The minimum Gasteiger partial charge on any atom is -0.396 e. The van der Waals surface area contributed by atoms with Gasteiger partial charge in [0.25, 0.3) is 0 Å². The predicted molar refractivity (Wildman–Crippen MR) is 118 cm³/mol. The summed E-state index contributed by atoms with van der Waals surface area (Å²) in [6, 6.07) is 6.61. The summed E-state index contributed by atoms with van der Waals surface area (Å²) >= 11 is 0. The molecule has 27 heavy (non-hydrogen) atoms. The van der Waals surface area contributed by atoms with Crippen molar-refractivity contribution in [3.8, 4) is 0 Å². The lowest BCUT2D eigenvalue weighted by Crippen LogP contribution is -2.45. The van der Waals surface area contributed by atoms with E-state index in [0.29, 0.717) is 13.2 Å². The van der Waals surface area contributed by atoms with Crippen LogP contribution in [0, 0.1) is 11.2 Å². The van der Waals surface area contributed by atoms with Crippen LogP contribution in [0.4, 0.5) is 4.39 Å². The highest BCUT2D eigenvalue weighted by Gasteiger charge is 2.34. The first-order valence-corrected chi connectivity index (χ1v) is 9.38. The van der Waals surface area contributed by atoms with Gasteiger partial charge in [-0.3, -0.25) is 4.99 Å². The second kappa shape index (κ2) is 11.2. The highest BCUT2D eigenvalue weighted by atomic mass is 127. The number of aliphatic hydroxyl groups is 1. The summed E-state index contributed by atoms with van der Waals surface area (Å²) in [6.45, 7) is 9.88. The highest BCUT2D eigenvalue weighted by molar-refractivity contribution is 14.0. The van der Waals surface area contributed by atoms with Crippen molar-refractivity contribution in [1.82, 2.24) is 10.6 Å². The van der Waals surface area contributed by atoms with Crippen molar-refractivity contribution in [2.24, 2.45) is 10.4 Å². The first kappa shape index (κ1) is 24.1. The molecule has 1 heterocycles. The topological polar surface area (TPSA) is 65.9 Å². The molecule has 1 aliphatic rings. The van der Waals surface area contributed by atoms with Crippen molar-refractivity contribution in [3.05, 3.63) is 35.6 Å². The molecule has 1 atom stereocenters. The number of aliphatic imine (C=N–C) groups is 1. The Labute approximate surface area is 179 Å². The molecule has 3 N–H and O–H groups in total. The van der Waals surface area contributed by atoms with Crippen molar-refractivity contribution < 1.29 is 14.2 Å². The zero-order chi connectivity index (χ0) is 19.0. The number of guanidine groups is 1. The Balaban J connectivity index is 0.00000364. The molecule has 1 aliphatic heterocycles. The number of ether oxygens (including phenoxy) is 1. The van der Waals surface area contributed by atoms with Crippen LogP contribution in [0.5, 0.6) is 0 Å². The van der Waals surface area contributed by atoms with Crippen LogP contribution in [0.1, 0.15) is 39.2 Å². The van der Waals surface area contributed by atoms with Gasteiger partial charge >= 0.3 is 0 Å².